The lowest BCUT2D eigenvalue weighted by Gasteiger charge is -2.01. The Labute approximate surface area is 109 Å². The van der Waals surface area contributed by atoms with Crippen molar-refractivity contribution in [1.29, 1.82) is 0 Å². The molecular formula is C9H20N2O8. The number of rotatable bonds is 6. The highest BCUT2D eigenvalue weighted by Gasteiger charge is 2.12. The summed E-state index contributed by atoms with van der Waals surface area (Å²) in [5.41, 5.74) is 9.57. The topological polar surface area (TPSA) is 204 Å². The van der Waals surface area contributed by atoms with Crippen LogP contribution in [0.2, 0.25) is 0 Å². The van der Waals surface area contributed by atoms with E-state index >= 15 is 0 Å². The minimum absolute atomic E-state index is 0.0231. The van der Waals surface area contributed by atoms with Crippen LogP contribution in [0.5, 0.6) is 0 Å². The third kappa shape index (κ3) is 31.4. The van der Waals surface area contributed by atoms with E-state index in [1.165, 1.54) is 0 Å². The standard InChI is InChI=1S/C5H9NO4.C2H5NO2.C2H6O2/c6-3(5(9)10)1-2-4(7)8;3-1-2(4)5;3-1-2-4/h3H,1-2,6H2,(H,7,8)(H,9,10);1,3H2,(H,4,5);3-4H,1-2H2/t3-;;/m0../s1. The van der Waals surface area contributed by atoms with Crippen molar-refractivity contribution in [3.63, 3.8) is 0 Å². The van der Waals surface area contributed by atoms with Gasteiger partial charge < -0.3 is 37.0 Å². The second-order valence-corrected chi connectivity index (χ2v) is 2.92. The summed E-state index contributed by atoms with van der Waals surface area (Å²) in [5, 5.41) is 39.1. The van der Waals surface area contributed by atoms with Gasteiger partial charge in [-0.2, -0.15) is 0 Å². The number of hydrogen-bond donors (Lipinski definition) is 7. The van der Waals surface area contributed by atoms with Crippen LogP contribution in [0.3, 0.4) is 0 Å². The maximum Gasteiger partial charge on any atom is 0.320 e. The highest BCUT2D eigenvalue weighted by molar-refractivity contribution is 5.74. The average Bonchev–Trinajstić information content (AvgIpc) is 2.36. The SMILES string of the molecule is NCC(=O)O.N[C@@H](CCC(=O)O)C(=O)O.OCCO. The van der Waals surface area contributed by atoms with Crippen LogP contribution in [0.4, 0.5) is 0 Å². The van der Waals surface area contributed by atoms with Gasteiger partial charge in [0.05, 0.1) is 19.8 Å². The van der Waals surface area contributed by atoms with E-state index in [1.807, 2.05) is 0 Å². The van der Waals surface area contributed by atoms with E-state index in [4.69, 9.17) is 31.3 Å². The van der Waals surface area contributed by atoms with E-state index < -0.39 is 23.9 Å². The fourth-order valence-electron chi connectivity index (χ4n) is 0.402. The molecule has 0 unspecified atom stereocenters. The number of carboxylic acids is 3. The van der Waals surface area contributed by atoms with Crippen molar-refractivity contribution < 1.29 is 39.9 Å². The van der Waals surface area contributed by atoms with Gasteiger partial charge in [0.2, 0.25) is 0 Å². The predicted molar refractivity (Wildman–Crippen MR) is 63.3 cm³/mol. The van der Waals surface area contributed by atoms with Crippen molar-refractivity contribution in [1.82, 2.24) is 0 Å². The van der Waals surface area contributed by atoms with Crippen molar-refractivity contribution in [3.8, 4) is 0 Å². The van der Waals surface area contributed by atoms with Gasteiger partial charge >= 0.3 is 17.9 Å². The molecule has 1 atom stereocenters. The van der Waals surface area contributed by atoms with Crippen molar-refractivity contribution >= 4 is 17.9 Å². The highest BCUT2D eigenvalue weighted by atomic mass is 16.4. The fourth-order valence-corrected chi connectivity index (χ4v) is 0.402. The molecule has 0 heterocycles. The monoisotopic (exact) mass is 284 g/mol. The van der Waals surface area contributed by atoms with Crippen LogP contribution in [-0.4, -0.2) is 69.2 Å². The minimum Gasteiger partial charge on any atom is -0.481 e. The molecule has 0 aromatic rings. The lowest BCUT2D eigenvalue weighted by Crippen LogP contribution is -2.30. The van der Waals surface area contributed by atoms with E-state index in [2.05, 4.69) is 5.73 Å². The quantitative estimate of drug-likeness (QED) is 0.268. The molecule has 0 aliphatic rings. The zero-order chi connectivity index (χ0) is 15.8. The summed E-state index contributed by atoms with van der Waals surface area (Å²) >= 11 is 0. The molecule has 0 aliphatic carbocycles. The lowest BCUT2D eigenvalue weighted by molar-refractivity contribution is -0.140. The predicted octanol–water partition coefficient (Wildman–Crippen LogP) is -2.74. The molecule has 0 amide bonds. The summed E-state index contributed by atoms with van der Waals surface area (Å²) < 4.78 is 0. The average molecular weight is 284 g/mol. The van der Waals surface area contributed by atoms with Crippen LogP contribution < -0.4 is 11.5 Å². The number of aliphatic carboxylic acids is 3. The third-order valence-corrected chi connectivity index (χ3v) is 1.26. The van der Waals surface area contributed by atoms with Crippen LogP contribution in [0.25, 0.3) is 0 Å². The number of hydrogen-bond acceptors (Lipinski definition) is 7. The van der Waals surface area contributed by atoms with E-state index in [1.54, 1.807) is 0 Å². The molecular weight excluding hydrogens is 264 g/mol. The van der Waals surface area contributed by atoms with Gasteiger partial charge in [0.1, 0.15) is 6.04 Å². The molecule has 0 aromatic carbocycles. The molecule has 0 bridgehead atoms. The Morgan fingerprint density at radius 1 is 0.947 bits per heavy atom. The van der Waals surface area contributed by atoms with E-state index in [0.717, 1.165) is 0 Å². The molecule has 0 rings (SSSR count). The van der Waals surface area contributed by atoms with Gasteiger partial charge in [-0.1, -0.05) is 0 Å². The minimum atomic E-state index is -1.17. The first-order valence-corrected chi connectivity index (χ1v) is 5.06. The maximum absolute atomic E-state index is 9.99. The van der Waals surface area contributed by atoms with E-state index in [-0.39, 0.29) is 32.6 Å². The fraction of sp³-hybridized carbons (Fsp3) is 0.667. The first-order valence-electron chi connectivity index (χ1n) is 5.06. The van der Waals surface area contributed by atoms with Gasteiger partial charge in [0.25, 0.3) is 0 Å². The molecule has 0 aromatic heterocycles. The highest BCUT2D eigenvalue weighted by Crippen LogP contribution is 1.93. The Bertz CT molecular complexity index is 257. The summed E-state index contributed by atoms with van der Waals surface area (Å²) in [4.78, 5) is 29.1. The second kappa shape index (κ2) is 16.2. The van der Waals surface area contributed by atoms with Crippen molar-refractivity contribution in [2.45, 2.75) is 18.9 Å². The molecule has 0 radical (unpaired) electrons. The zero-order valence-corrected chi connectivity index (χ0v) is 10.2. The maximum atomic E-state index is 9.99. The third-order valence-electron chi connectivity index (χ3n) is 1.26. The van der Waals surface area contributed by atoms with Crippen LogP contribution in [0.1, 0.15) is 12.8 Å². The second-order valence-electron chi connectivity index (χ2n) is 2.92. The molecule has 19 heavy (non-hydrogen) atoms. The Hall–Kier alpha value is -1.75. The first-order chi connectivity index (χ1) is 8.72. The van der Waals surface area contributed by atoms with Gasteiger partial charge in [-0.15, -0.1) is 0 Å². The normalized spacial score (nSPS) is 10.1. The molecule has 0 fully saturated rings. The van der Waals surface area contributed by atoms with E-state index in [9.17, 15) is 14.4 Å². The number of aliphatic hydroxyl groups excluding tert-OH is 2. The van der Waals surface area contributed by atoms with Crippen molar-refractivity contribution in [2.24, 2.45) is 11.5 Å². The molecule has 0 spiro atoms. The van der Waals surface area contributed by atoms with Crippen LogP contribution in [-0.2, 0) is 14.4 Å². The molecule has 0 aliphatic heterocycles. The number of nitrogens with two attached hydrogens (primary N) is 2. The zero-order valence-electron chi connectivity index (χ0n) is 10.2. The van der Waals surface area contributed by atoms with Gasteiger partial charge in [-0.05, 0) is 6.42 Å². The number of carboxylic acid groups (broad SMARTS) is 3. The lowest BCUT2D eigenvalue weighted by atomic mass is 10.2. The van der Waals surface area contributed by atoms with E-state index in [0.29, 0.717) is 0 Å². The smallest absolute Gasteiger partial charge is 0.320 e. The van der Waals surface area contributed by atoms with Gasteiger partial charge in [0.15, 0.2) is 0 Å². The Balaban J connectivity index is -0.000000238. The summed E-state index contributed by atoms with van der Waals surface area (Å²) in [7, 11) is 0. The molecule has 0 saturated heterocycles. The van der Waals surface area contributed by atoms with Gasteiger partial charge in [-0.3, -0.25) is 14.4 Å². The Morgan fingerprint density at radius 2 is 1.32 bits per heavy atom. The summed E-state index contributed by atoms with van der Waals surface area (Å²) in [5.74, 6) is -3.16. The Kier molecular flexibility index (Phi) is 19.2. The number of aliphatic hydroxyl groups is 2. The van der Waals surface area contributed by atoms with Crippen LogP contribution in [0, 0.1) is 0 Å². The summed E-state index contributed by atoms with van der Waals surface area (Å²) in [6, 6.07) is -1.06. The molecule has 9 N–H and O–H groups in total. The van der Waals surface area contributed by atoms with Crippen molar-refractivity contribution in [2.75, 3.05) is 19.8 Å². The number of carbonyl (C=O) groups is 3. The molecule has 10 nitrogen and oxygen atoms in total. The first kappa shape index (κ1) is 22.4. The molecule has 0 saturated carbocycles. The van der Waals surface area contributed by atoms with Crippen LogP contribution >= 0.6 is 0 Å². The van der Waals surface area contributed by atoms with Crippen LogP contribution in [0.15, 0.2) is 0 Å². The molecule has 10 heteroatoms. The Morgan fingerprint density at radius 3 is 1.47 bits per heavy atom. The largest absolute Gasteiger partial charge is 0.481 e. The summed E-state index contributed by atoms with van der Waals surface area (Å²) in [6.07, 6.45) is -0.224. The summed E-state index contributed by atoms with van der Waals surface area (Å²) in [6.45, 7) is -0.528. The van der Waals surface area contributed by atoms with Crippen molar-refractivity contribution in [3.05, 3.63) is 0 Å². The van der Waals surface area contributed by atoms with Gasteiger partial charge in [-0.25, -0.2) is 0 Å². The molecule has 114 valence electrons. The van der Waals surface area contributed by atoms with Gasteiger partial charge in [0, 0.05) is 6.42 Å².